The maximum atomic E-state index is 12.9. The molecule has 0 amide bonds. The van der Waals surface area contributed by atoms with Crippen molar-refractivity contribution in [2.24, 2.45) is 0 Å². The van der Waals surface area contributed by atoms with Crippen LogP contribution in [0, 0.1) is 0 Å². The second kappa shape index (κ2) is 8.31. The largest absolute Gasteiger partial charge is 0.497 e. The predicted molar refractivity (Wildman–Crippen MR) is 122 cm³/mol. The summed E-state index contributed by atoms with van der Waals surface area (Å²) in [7, 11) is 1.55. The molecule has 1 atom stereocenters. The Labute approximate surface area is 190 Å². The molecule has 5 rings (SSSR count). The fourth-order valence-electron chi connectivity index (χ4n) is 3.70. The lowest BCUT2D eigenvalue weighted by Gasteiger charge is -2.22. The summed E-state index contributed by atoms with van der Waals surface area (Å²) in [5, 5.41) is 0. The van der Waals surface area contributed by atoms with Crippen LogP contribution in [0.2, 0.25) is 0 Å². The highest BCUT2D eigenvalue weighted by atomic mass is 16.5. The number of esters is 1. The lowest BCUT2D eigenvalue weighted by molar-refractivity contribution is 0.0734. The van der Waals surface area contributed by atoms with Gasteiger partial charge in [-0.15, -0.1) is 0 Å². The van der Waals surface area contributed by atoms with Crippen LogP contribution in [0.25, 0.3) is 6.08 Å². The van der Waals surface area contributed by atoms with Gasteiger partial charge in [-0.3, -0.25) is 4.79 Å². The Morgan fingerprint density at radius 1 is 0.970 bits per heavy atom. The van der Waals surface area contributed by atoms with E-state index in [0.717, 1.165) is 16.9 Å². The van der Waals surface area contributed by atoms with Crippen LogP contribution in [0.15, 0.2) is 84.1 Å². The fourth-order valence-corrected chi connectivity index (χ4v) is 3.70. The molecular weight excluding hydrogens is 420 g/mol. The van der Waals surface area contributed by atoms with Gasteiger partial charge in [0.05, 0.1) is 18.2 Å². The standard InChI is InChI=1S/C27H20O6/c1-16-19(13-18-5-3-4-6-23(18)31-16)14-25-26(28)22-12-11-21(15-24(22)33-25)32-27(29)17-7-9-20(30-2)10-8-17/h3-16H,1-2H3/t16-/m1/s1. The van der Waals surface area contributed by atoms with Gasteiger partial charge in [0, 0.05) is 11.6 Å². The molecule has 2 heterocycles. The molecule has 3 aromatic rings. The van der Waals surface area contributed by atoms with Gasteiger partial charge < -0.3 is 18.9 Å². The minimum absolute atomic E-state index is 0.199. The Balaban J connectivity index is 1.36. The molecule has 0 fully saturated rings. The van der Waals surface area contributed by atoms with Crippen molar-refractivity contribution >= 4 is 17.8 Å². The summed E-state index contributed by atoms with van der Waals surface area (Å²) in [6, 6.07) is 19.0. The van der Waals surface area contributed by atoms with E-state index in [0.29, 0.717) is 22.6 Å². The average Bonchev–Trinajstić information content (AvgIpc) is 3.14. The molecule has 33 heavy (non-hydrogen) atoms. The number of benzene rings is 3. The van der Waals surface area contributed by atoms with Crippen molar-refractivity contribution in [3.05, 3.63) is 101 Å². The first-order valence-electron chi connectivity index (χ1n) is 10.4. The lowest BCUT2D eigenvalue weighted by atomic mass is 10.0. The molecule has 0 aliphatic carbocycles. The molecule has 0 spiro atoms. The first-order valence-corrected chi connectivity index (χ1v) is 10.4. The van der Waals surface area contributed by atoms with Crippen molar-refractivity contribution in [2.45, 2.75) is 13.0 Å². The van der Waals surface area contributed by atoms with Gasteiger partial charge in [-0.05, 0) is 67.1 Å². The highest BCUT2D eigenvalue weighted by molar-refractivity contribution is 6.12. The Kier molecular flexibility index (Phi) is 5.18. The van der Waals surface area contributed by atoms with Crippen molar-refractivity contribution in [1.29, 1.82) is 0 Å². The smallest absolute Gasteiger partial charge is 0.343 e. The van der Waals surface area contributed by atoms with Gasteiger partial charge in [0.25, 0.3) is 0 Å². The van der Waals surface area contributed by atoms with Crippen LogP contribution in [-0.4, -0.2) is 25.0 Å². The Hall–Kier alpha value is -4.32. The summed E-state index contributed by atoms with van der Waals surface area (Å²) >= 11 is 0. The van der Waals surface area contributed by atoms with Crippen LogP contribution in [0.1, 0.15) is 33.2 Å². The Bertz CT molecular complexity index is 1320. The average molecular weight is 440 g/mol. The van der Waals surface area contributed by atoms with Crippen LogP contribution in [0.4, 0.5) is 0 Å². The van der Waals surface area contributed by atoms with Crippen LogP contribution >= 0.6 is 0 Å². The molecular formula is C27H20O6. The van der Waals surface area contributed by atoms with E-state index in [-0.39, 0.29) is 23.4 Å². The third-order valence-electron chi connectivity index (χ3n) is 5.49. The number of fused-ring (bicyclic) bond motifs is 2. The number of carbonyl (C=O) groups is 2. The minimum Gasteiger partial charge on any atom is -0.497 e. The van der Waals surface area contributed by atoms with E-state index < -0.39 is 5.97 Å². The molecule has 164 valence electrons. The molecule has 0 N–H and O–H groups in total. The van der Waals surface area contributed by atoms with E-state index in [1.807, 2.05) is 37.3 Å². The second-order valence-corrected chi connectivity index (χ2v) is 7.66. The van der Waals surface area contributed by atoms with Crippen LogP contribution < -0.4 is 18.9 Å². The third kappa shape index (κ3) is 3.99. The number of hydrogen-bond donors (Lipinski definition) is 0. The molecule has 2 aliphatic heterocycles. The number of para-hydroxylation sites is 1. The first kappa shape index (κ1) is 20.6. The van der Waals surface area contributed by atoms with E-state index in [2.05, 4.69) is 0 Å². The fraction of sp³-hybridized carbons (Fsp3) is 0.111. The second-order valence-electron chi connectivity index (χ2n) is 7.66. The van der Waals surface area contributed by atoms with Crippen LogP contribution in [-0.2, 0) is 0 Å². The van der Waals surface area contributed by atoms with Gasteiger partial charge in [-0.2, -0.15) is 0 Å². The molecule has 0 unspecified atom stereocenters. The van der Waals surface area contributed by atoms with Crippen molar-refractivity contribution in [1.82, 2.24) is 0 Å². The molecule has 6 heteroatoms. The zero-order chi connectivity index (χ0) is 22.9. The van der Waals surface area contributed by atoms with E-state index in [1.54, 1.807) is 55.7 Å². The van der Waals surface area contributed by atoms with Crippen LogP contribution in [0.5, 0.6) is 23.0 Å². The number of methoxy groups -OCH3 is 1. The molecule has 0 bridgehead atoms. The number of ether oxygens (including phenoxy) is 4. The number of allylic oxidation sites excluding steroid dienone is 1. The molecule has 0 saturated carbocycles. The summed E-state index contributed by atoms with van der Waals surface area (Å²) in [5.74, 6) is 1.52. The summed E-state index contributed by atoms with van der Waals surface area (Å²) in [6.07, 6.45) is 3.46. The van der Waals surface area contributed by atoms with E-state index in [9.17, 15) is 9.59 Å². The zero-order valence-corrected chi connectivity index (χ0v) is 18.0. The maximum absolute atomic E-state index is 12.9. The quantitative estimate of drug-likeness (QED) is 0.314. The topological polar surface area (TPSA) is 71.1 Å². The normalized spacial score (nSPS) is 17.4. The molecule has 2 aliphatic rings. The number of Topliss-reactive ketones (excluding diaryl/α,β-unsaturated/α-hetero) is 1. The predicted octanol–water partition coefficient (Wildman–Crippen LogP) is 5.24. The molecule has 0 radical (unpaired) electrons. The Morgan fingerprint density at radius 2 is 1.73 bits per heavy atom. The van der Waals surface area contributed by atoms with Crippen molar-refractivity contribution in [3.8, 4) is 23.0 Å². The third-order valence-corrected chi connectivity index (χ3v) is 5.49. The number of ketones is 1. The summed E-state index contributed by atoms with van der Waals surface area (Å²) in [5.41, 5.74) is 2.57. The molecule has 0 saturated heterocycles. The maximum Gasteiger partial charge on any atom is 0.343 e. The molecule has 3 aromatic carbocycles. The highest BCUT2D eigenvalue weighted by Gasteiger charge is 2.29. The first-order chi connectivity index (χ1) is 16.0. The van der Waals surface area contributed by atoms with Gasteiger partial charge in [-0.1, -0.05) is 18.2 Å². The van der Waals surface area contributed by atoms with Crippen molar-refractivity contribution in [3.63, 3.8) is 0 Å². The van der Waals surface area contributed by atoms with Gasteiger partial charge in [0.1, 0.15) is 29.1 Å². The highest BCUT2D eigenvalue weighted by Crippen LogP contribution is 2.36. The van der Waals surface area contributed by atoms with E-state index in [4.69, 9.17) is 18.9 Å². The number of carbonyl (C=O) groups excluding carboxylic acids is 2. The number of rotatable bonds is 4. The zero-order valence-electron chi connectivity index (χ0n) is 18.0. The summed E-state index contributed by atoms with van der Waals surface area (Å²) < 4.78 is 22.3. The Morgan fingerprint density at radius 3 is 2.52 bits per heavy atom. The van der Waals surface area contributed by atoms with Gasteiger partial charge >= 0.3 is 5.97 Å². The van der Waals surface area contributed by atoms with E-state index in [1.165, 1.54) is 0 Å². The van der Waals surface area contributed by atoms with Crippen LogP contribution in [0.3, 0.4) is 0 Å². The molecule has 6 nitrogen and oxygen atoms in total. The monoisotopic (exact) mass is 440 g/mol. The lowest BCUT2D eigenvalue weighted by Crippen LogP contribution is -2.18. The minimum atomic E-state index is -0.519. The summed E-state index contributed by atoms with van der Waals surface area (Å²) in [6.45, 7) is 1.92. The number of hydrogen-bond acceptors (Lipinski definition) is 6. The van der Waals surface area contributed by atoms with Crippen molar-refractivity contribution < 1.29 is 28.5 Å². The van der Waals surface area contributed by atoms with E-state index >= 15 is 0 Å². The summed E-state index contributed by atoms with van der Waals surface area (Å²) in [4.78, 5) is 25.3. The van der Waals surface area contributed by atoms with Gasteiger partial charge in [0.15, 0.2) is 5.76 Å². The van der Waals surface area contributed by atoms with Gasteiger partial charge in [-0.25, -0.2) is 4.79 Å². The molecule has 0 aromatic heterocycles. The van der Waals surface area contributed by atoms with Crippen molar-refractivity contribution in [2.75, 3.05) is 7.11 Å². The SMILES string of the molecule is COc1ccc(C(=O)Oc2ccc3c(c2)OC(=CC2=Cc4ccccc4O[C@@H]2C)C3=O)cc1. The van der Waals surface area contributed by atoms with Gasteiger partial charge in [0.2, 0.25) is 5.78 Å².